The van der Waals surface area contributed by atoms with E-state index in [1.54, 1.807) is 22.0 Å². The summed E-state index contributed by atoms with van der Waals surface area (Å²) in [6.45, 7) is 10.4. The number of piperidine rings is 1. The third-order valence-corrected chi connectivity index (χ3v) is 13.1. The summed E-state index contributed by atoms with van der Waals surface area (Å²) in [5, 5.41) is 7.64. The molecule has 3 aliphatic heterocycles. The van der Waals surface area contributed by atoms with Crippen LogP contribution in [0.2, 0.25) is 0 Å². The maximum Gasteiger partial charge on any atom is 0.257 e. The Kier molecular flexibility index (Phi) is 11.0. The second kappa shape index (κ2) is 15.5. The van der Waals surface area contributed by atoms with Gasteiger partial charge in [-0.2, -0.15) is 5.10 Å². The number of rotatable bonds is 12. The number of ether oxygens (including phenoxy) is 1. The van der Waals surface area contributed by atoms with Crippen molar-refractivity contribution < 1.29 is 23.9 Å². The number of nitrogens with zero attached hydrogens (tertiary/aromatic N) is 5. The van der Waals surface area contributed by atoms with Gasteiger partial charge >= 0.3 is 0 Å². The fourth-order valence-corrected chi connectivity index (χ4v) is 9.25. The van der Waals surface area contributed by atoms with E-state index in [9.17, 15) is 19.2 Å². The molecule has 53 heavy (non-hydrogen) atoms. The predicted molar refractivity (Wildman–Crippen MR) is 200 cm³/mol. The Morgan fingerprint density at radius 3 is 2.26 bits per heavy atom. The van der Waals surface area contributed by atoms with Crippen LogP contribution >= 0.6 is 0 Å². The van der Waals surface area contributed by atoms with Gasteiger partial charge in [0.25, 0.3) is 5.91 Å². The molecule has 0 bridgehead atoms. The molecule has 1 spiro atoms. The van der Waals surface area contributed by atoms with Gasteiger partial charge in [-0.3, -0.25) is 23.9 Å². The first-order valence-corrected chi connectivity index (χ1v) is 20.0. The van der Waals surface area contributed by atoms with Gasteiger partial charge in [-0.1, -0.05) is 63.4 Å². The van der Waals surface area contributed by atoms with E-state index in [0.29, 0.717) is 69.8 Å². The molecule has 4 atom stereocenters. The Labute approximate surface area is 314 Å². The van der Waals surface area contributed by atoms with E-state index in [0.717, 1.165) is 37.7 Å². The highest BCUT2D eigenvalue weighted by Gasteiger charge is 2.62. The largest absolute Gasteiger partial charge is 0.376 e. The van der Waals surface area contributed by atoms with Crippen LogP contribution in [0.15, 0.2) is 42.7 Å². The predicted octanol–water partition coefficient (Wildman–Crippen LogP) is 3.55. The Morgan fingerprint density at radius 2 is 1.60 bits per heavy atom. The maximum absolute atomic E-state index is 14.6. The lowest BCUT2D eigenvalue weighted by Gasteiger charge is -2.50. The smallest absolute Gasteiger partial charge is 0.257 e. The van der Waals surface area contributed by atoms with Crippen LogP contribution in [-0.2, 0) is 25.7 Å². The molecule has 0 radical (unpaired) electrons. The lowest BCUT2D eigenvalue weighted by molar-refractivity contribution is -0.153. The summed E-state index contributed by atoms with van der Waals surface area (Å²) in [7, 11) is 0. The SMILES string of the molecule is C[C@@H](OCC1CCCCC1)[C@H](NC(=O)[C@@H]1CN(C(=O)c2cnn(Cc3ccccc3)c2)CC12CN(C(=O)[C@H]1CC1(C)C)C2)C(=O)N1CCC(CN)CC1. The van der Waals surface area contributed by atoms with E-state index >= 15 is 0 Å². The van der Waals surface area contributed by atoms with Crippen LogP contribution in [-0.4, -0.2) is 113 Å². The number of aromatic nitrogens is 2. The molecule has 4 amide bonds. The first-order chi connectivity index (χ1) is 25.5. The number of nitrogens with one attached hydrogen (secondary N) is 1. The standard InChI is InChI=1S/C41H59N7O5/c1-28(53-24-31-12-8-5-9-13-31)35(39(52)45-16-14-29(19-42)15-17-45)44-36(49)34-23-46(25-41(34)26-47(27-41)38(51)33-18-40(33,2)3)37(50)32-20-43-48(22-32)21-30-10-6-4-7-11-30/h4,6-7,10-11,20,22,28-29,31,33-35H,5,8-9,12-19,21,23-27,42H2,1-3H3,(H,44,49)/t28-,33-,34+,35+/m1/s1. The van der Waals surface area contributed by atoms with Crippen molar-refractivity contribution in [3.8, 4) is 0 Å². The number of nitrogens with two attached hydrogens (primary N) is 1. The number of carbonyl (C=O) groups is 4. The highest BCUT2D eigenvalue weighted by molar-refractivity contribution is 5.96. The minimum atomic E-state index is -0.858. The van der Waals surface area contributed by atoms with Crippen LogP contribution in [0.5, 0.6) is 0 Å². The average molecular weight is 730 g/mol. The van der Waals surface area contributed by atoms with Gasteiger partial charge in [-0.15, -0.1) is 0 Å². The van der Waals surface area contributed by atoms with Gasteiger partial charge in [0.2, 0.25) is 17.7 Å². The molecule has 7 rings (SSSR count). The maximum atomic E-state index is 14.6. The van der Waals surface area contributed by atoms with Crippen molar-refractivity contribution in [2.24, 2.45) is 40.2 Å². The van der Waals surface area contributed by atoms with Crippen molar-refractivity contribution in [1.82, 2.24) is 29.8 Å². The molecular weight excluding hydrogens is 670 g/mol. The third-order valence-electron chi connectivity index (χ3n) is 13.1. The van der Waals surface area contributed by atoms with Gasteiger partial charge in [0, 0.05) is 63.4 Å². The zero-order valence-corrected chi connectivity index (χ0v) is 31.9. The monoisotopic (exact) mass is 729 g/mol. The molecule has 2 aliphatic carbocycles. The first kappa shape index (κ1) is 37.5. The van der Waals surface area contributed by atoms with Gasteiger partial charge < -0.3 is 30.5 Å². The van der Waals surface area contributed by atoms with E-state index in [1.807, 2.05) is 47.1 Å². The van der Waals surface area contributed by atoms with Crippen LogP contribution < -0.4 is 11.1 Å². The van der Waals surface area contributed by atoms with Crippen LogP contribution in [0.25, 0.3) is 0 Å². The fraction of sp³-hybridized carbons (Fsp3) is 0.683. The number of benzene rings is 1. The summed E-state index contributed by atoms with van der Waals surface area (Å²) in [6.07, 6.45) is 11.3. The average Bonchev–Trinajstić information content (AvgIpc) is 3.45. The number of likely N-dealkylation sites (tertiary alicyclic amines) is 3. The van der Waals surface area contributed by atoms with E-state index in [4.69, 9.17) is 10.5 Å². The molecule has 0 unspecified atom stereocenters. The number of hydrogen-bond acceptors (Lipinski definition) is 7. The van der Waals surface area contributed by atoms with Crippen molar-refractivity contribution in [3.63, 3.8) is 0 Å². The molecule has 1 aromatic heterocycles. The molecule has 3 saturated heterocycles. The minimum Gasteiger partial charge on any atom is -0.376 e. The molecule has 2 aromatic rings. The topological polar surface area (TPSA) is 143 Å². The zero-order valence-electron chi connectivity index (χ0n) is 31.9. The summed E-state index contributed by atoms with van der Waals surface area (Å²) in [4.78, 5) is 61.8. The molecule has 4 heterocycles. The lowest BCUT2D eigenvalue weighted by Crippen LogP contribution is -2.65. The van der Waals surface area contributed by atoms with Crippen molar-refractivity contribution in [2.45, 2.75) is 90.8 Å². The molecule has 288 valence electrons. The Bertz CT molecular complexity index is 1620. The molecule has 12 heteroatoms. The molecule has 3 N–H and O–H groups in total. The summed E-state index contributed by atoms with van der Waals surface area (Å²) in [6, 6.07) is 9.09. The highest BCUT2D eigenvalue weighted by Crippen LogP contribution is 2.54. The van der Waals surface area contributed by atoms with Crippen molar-refractivity contribution in [1.29, 1.82) is 0 Å². The highest BCUT2D eigenvalue weighted by atomic mass is 16.5. The Balaban J connectivity index is 1.08. The van der Waals surface area contributed by atoms with E-state index in [1.165, 1.54) is 19.3 Å². The summed E-state index contributed by atoms with van der Waals surface area (Å²) >= 11 is 0. The number of carbonyl (C=O) groups excluding carboxylic acids is 4. The Hall–Kier alpha value is -3.77. The second-order valence-electron chi connectivity index (χ2n) is 17.5. The molecule has 5 fully saturated rings. The summed E-state index contributed by atoms with van der Waals surface area (Å²) in [5.74, 6) is -0.191. The number of hydrogen-bond donors (Lipinski definition) is 2. The number of amides is 4. The van der Waals surface area contributed by atoms with Gasteiger partial charge in [0.15, 0.2) is 0 Å². The van der Waals surface area contributed by atoms with Crippen LogP contribution in [0.4, 0.5) is 0 Å². The third kappa shape index (κ3) is 8.18. The van der Waals surface area contributed by atoms with E-state index in [2.05, 4.69) is 24.3 Å². The van der Waals surface area contributed by atoms with Gasteiger partial charge in [0.1, 0.15) is 6.04 Å². The van der Waals surface area contributed by atoms with Gasteiger partial charge in [-0.25, -0.2) is 0 Å². The summed E-state index contributed by atoms with van der Waals surface area (Å²) in [5.41, 5.74) is 6.88. The molecule has 5 aliphatic rings. The van der Waals surface area contributed by atoms with Crippen molar-refractivity contribution in [2.75, 3.05) is 52.4 Å². The van der Waals surface area contributed by atoms with Crippen molar-refractivity contribution in [3.05, 3.63) is 53.9 Å². The fourth-order valence-electron chi connectivity index (χ4n) is 9.25. The normalized spacial score (nSPS) is 25.2. The van der Waals surface area contributed by atoms with Crippen LogP contribution in [0.1, 0.15) is 88.1 Å². The zero-order chi connectivity index (χ0) is 37.3. The molecular formula is C41H59N7O5. The van der Waals surface area contributed by atoms with Crippen LogP contribution in [0, 0.1) is 34.5 Å². The minimum absolute atomic E-state index is 0.00528. The summed E-state index contributed by atoms with van der Waals surface area (Å²) < 4.78 is 8.16. The van der Waals surface area contributed by atoms with Crippen molar-refractivity contribution >= 4 is 23.6 Å². The Morgan fingerprint density at radius 1 is 0.925 bits per heavy atom. The molecule has 12 nitrogen and oxygen atoms in total. The second-order valence-corrected chi connectivity index (χ2v) is 17.5. The first-order valence-electron chi connectivity index (χ1n) is 20.0. The van der Waals surface area contributed by atoms with Crippen LogP contribution in [0.3, 0.4) is 0 Å². The van der Waals surface area contributed by atoms with Gasteiger partial charge in [0.05, 0.1) is 30.3 Å². The lowest BCUT2D eigenvalue weighted by atomic mass is 9.70. The van der Waals surface area contributed by atoms with E-state index in [-0.39, 0.29) is 41.5 Å². The quantitative estimate of drug-likeness (QED) is 0.340. The van der Waals surface area contributed by atoms with E-state index < -0.39 is 23.5 Å². The molecule has 1 aromatic carbocycles. The van der Waals surface area contributed by atoms with Gasteiger partial charge in [-0.05, 0) is 68.4 Å². The molecule has 2 saturated carbocycles.